The molecule has 6 heteroatoms. The van der Waals surface area contributed by atoms with Crippen LogP contribution >= 0.6 is 12.2 Å². The molecule has 0 unspecified atom stereocenters. The Kier molecular flexibility index (Phi) is 6.65. The van der Waals surface area contributed by atoms with Gasteiger partial charge in [-0.15, -0.1) is 0 Å². The van der Waals surface area contributed by atoms with Gasteiger partial charge in [-0.05, 0) is 61.5 Å². The third-order valence-corrected chi connectivity index (χ3v) is 3.72. The highest BCUT2D eigenvalue weighted by Gasteiger charge is 2.10. The summed E-state index contributed by atoms with van der Waals surface area (Å²) in [4.78, 5) is 23.8. The standard InChI is InChI=1S/C19H21N3O2S/c1-3-6-17(23)20-14-9-11-15(12-10-14)21-19(25)22-18(24)16-8-5-4-7-13(16)2/h4-5,7-12H,3,6H2,1-2H3,(H,20,23)(H2,21,22,24,25). The molecule has 2 aromatic carbocycles. The van der Waals surface area contributed by atoms with Gasteiger partial charge in [0.15, 0.2) is 5.11 Å². The van der Waals surface area contributed by atoms with E-state index in [0.29, 0.717) is 12.0 Å². The van der Waals surface area contributed by atoms with Gasteiger partial charge in [0.2, 0.25) is 5.91 Å². The minimum atomic E-state index is -0.251. The Labute approximate surface area is 152 Å². The molecular formula is C19H21N3O2S. The van der Waals surface area contributed by atoms with E-state index in [4.69, 9.17) is 12.2 Å². The average Bonchev–Trinajstić information content (AvgIpc) is 2.57. The van der Waals surface area contributed by atoms with Gasteiger partial charge in [0.05, 0.1) is 0 Å². The quantitative estimate of drug-likeness (QED) is 0.712. The van der Waals surface area contributed by atoms with Crippen molar-refractivity contribution in [2.24, 2.45) is 0 Å². The SMILES string of the molecule is CCCC(=O)Nc1ccc(NC(=S)NC(=O)c2ccccc2C)cc1. The van der Waals surface area contributed by atoms with Gasteiger partial charge in [-0.2, -0.15) is 0 Å². The molecule has 0 aliphatic rings. The molecule has 0 aromatic heterocycles. The number of hydrogen-bond donors (Lipinski definition) is 3. The third kappa shape index (κ3) is 5.69. The van der Waals surface area contributed by atoms with E-state index >= 15 is 0 Å². The molecule has 2 rings (SSSR count). The zero-order valence-electron chi connectivity index (χ0n) is 14.3. The fourth-order valence-electron chi connectivity index (χ4n) is 2.25. The largest absolute Gasteiger partial charge is 0.332 e. The van der Waals surface area contributed by atoms with Crippen molar-refractivity contribution in [3.8, 4) is 0 Å². The smallest absolute Gasteiger partial charge is 0.257 e. The molecule has 0 spiro atoms. The van der Waals surface area contributed by atoms with Gasteiger partial charge in [0, 0.05) is 23.4 Å². The van der Waals surface area contributed by atoms with E-state index in [1.54, 1.807) is 30.3 Å². The first-order valence-corrected chi connectivity index (χ1v) is 8.48. The van der Waals surface area contributed by atoms with Crippen LogP contribution in [-0.2, 0) is 4.79 Å². The lowest BCUT2D eigenvalue weighted by Gasteiger charge is -2.11. The normalized spacial score (nSPS) is 10.0. The van der Waals surface area contributed by atoms with Gasteiger partial charge in [-0.1, -0.05) is 25.1 Å². The zero-order valence-corrected chi connectivity index (χ0v) is 15.1. The van der Waals surface area contributed by atoms with Crippen molar-refractivity contribution in [1.82, 2.24) is 5.32 Å². The molecule has 0 saturated heterocycles. The first-order valence-electron chi connectivity index (χ1n) is 8.07. The van der Waals surface area contributed by atoms with E-state index in [1.165, 1.54) is 0 Å². The summed E-state index contributed by atoms with van der Waals surface area (Å²) in [6, 6.07) is 14.4. The van der Waals surface area contributed by atoms with E-state index in [-0.39, 0.29) is 16.9 Å². The van der Waals surface area contributed by atoms with Crippen LogP contribution in [0.15, 0.2) is 48.5 Å². The van der Waals surface area contributed by atoms with Crippen LogP contribution in [0.5, 0.6) is 0 Å². The molecule has 2 amide bonds. The molecule has 5 nitrogen and oxygen atoms in total. The highest BCUT2D eigenvalue weighted by atomic mass is 32.1. The third-order valence-electron chi connectivity index (χ3n) is 3.52. The summed E-state index contributed by atoms with van der Waals surface area (Å²) in [5.74, 6) is -0.261. The number of thiocarbonyl (C=S) groups is 1. The summed E-state index contributed by atoms with van der Waals surface area (Å²) < 4.78 is 0. The van der Waals surface area contributed by atoms with E-state index in [0.717, 1.165) is 23.4 Å². The number of anilines is 2. The first-order chi connectivity index (χ1) is 12.0. The molecule has 0 heterocycles. The molecule has 0 bridgehead atoms. The highest BCUT2D eigenvalue weighted by Crippen LogP contribution is 2.14. The minimum Gasteiger partial charge on any atom is -0.332 e. The van der Waals surface area contributed by atoms with Crippen LogP contribution in [0.3, 0.4) is 0 Å². The van der Waals surface area contributed by atoms with Crippen molar-refractivity contribution in [3.05, 3.63) is 59.7 Å². The fraction of sp³-hybridized carbons (Fsp3) is 0.211. The lowest BCUT2D eigenvalue weighted by molar-refractivity contribution is -0.116. The molecule has 0 radical (unpaired) electrons. The molecule has 0 atom stereocenters. The van der Waals surface area contributed by atoms with Crippen LogP contribution in [0.1, 0.15) is 35.7 Å². The molecular weight excluding hydrogens is 334 g/mol. The number of carbonyl (C=O) groups excluding carboxylic acids is 2. The monoisotopic (exact) mass is 355 g/mol. The van der Waals surface area contributed by atoms with Crippen molar-refractivity contribution in [2.75, 3.05) is 10.6 Å². The van der Waals surface area contributed by atoms with Crippen molar-refractivity contribution < 1.29 is 9.59 Å². The van der Waals surface area contributed by atoms with Crippen molar-refractivity contribution >= 4 is 40.5 Å². The number of amides is 2. The summed E-state index contributed by atoms with van der Waals surface area (Å²) >= 11 is 5.18. The van der Waals surface area contributed by atoms with Gasteiger partial charge in [0.1, 0.15) is 0 Å². The Morgan fingerprint density at radius 1 is 0.960 bits per heavy atom. The van der Waals surface area contributed by atoms with Crippen LogP contribution in [0, 0.1) is 6.92 Å². The zero-order chi connectivity index (χ0) is 18.2. The van der Waals surface area contributed by atoms with Crippen molar-refractivity contribution in [1.29, 1.82) is 0 Å². The highest BCUT2D eigenvalue weighted by molar-refractivity contribution is 7.80. The Balaban J connectivity index is 1.91. The van der Waals surface area contributed by atoms with Crippen molar-refractivity contribution in [3.63, 3.8) is 0 Å². The predicted octanol–water partition coefficient (Wildman–Crippen LogP) is 3.86. The van der Waals surface area contributed by atoms with Gasteiger partial charge < -0.3 is 10.6 Å². The molecule has 2 aromatic rings. The lowest BCUT2D eigenvalue weighted by atomic mass is 10.1. The van der Waals surface area contributed by atoms with E-state index in [1.807, 2.05) is 32.0 Å². The van der Waals surface area contributed by atoms with Gasteiger partial charge in [-0.3, -0.25) is 14.9 Å². The average molecular weight is 355 g/mol. The molecule has 130 valence electrons. The number of benzene rings is 2. The topological polar surface area (TPSA) is 70.2 Å². The van der Waals surface area contributed by atoms with Gasteiger partial charge in [-0.25, -0.2) is 0 Å². The van der Waals surface area contributed by atoms with Crippen LogP contribution < -0.4 is 16.0 Å². The Morgan fingerprint density at radius 2 is 1.56 bits per heavy atom. The Morgan fingerprint density at radius 3 is 2.16 bits per heavy atom. The summed E-state index contributed by atoms with van der Waals surface area (Å²) in [5.41, 5.74) is 2.91. The predicted molar refractivity (Wildman–Crippen MR) is 105 cm³/mol. The number of aryl methyl sites for hydroxylation is 1. The first kappa shape index (κ1) is 18.6. The van der Waals surface area contributed by atoms with Crippen LogP contribution in [-0.4, -0.2) is 16.9 Å². The minimum absolute atomic E-state index is 0.00998. The molecule has 25 heavy (non-hydrogen) atoms. The van der Waals surface area contributed by atoms with E-state index in [9.17, 15) is 9.59 Å². The molecule has 0 fully saturated rings. The Bertz CT molecular complexity index is 772. The van der Waals surface area contributed by atoms with E-state index in [2.05, 4.69) is 16.0 Å². The molecule has 0 aliphatic carbocycles. The lowest BCUT2D eigenvalue weighted by Crippen LogP contribution is -2.34. The second kappa shape index (κ2) is 8.94. The van der Waals surface area contributed by atoms with Gasteiger partial charge in [0.25, 0.3) is 5.91 Å². The summed E-state index contributed by atoms with van der Waals surface area (Å²) in [7, 11) is 0. The summed E-state index contributed by atoms with van der Waals surface area (Å²) in [6.07, 6.45) is 1.30. The number of nitrogens with one attached hydrogen (secondary N) is 3. The summed E-state index contributed by atoms with van der Waals surface area (Å²) in [5, 5.41) is 8.65. The number of hydrogen-bond acceptors (Lipinski definition) is 3. The second-order valence-electron chi connectivity index (χ2n) is 5.60. The molecule has 0 saturated carbocycles. The number of carbonyl (C=O) groups is 2. The molecule has 0 aliphatic heterocycles. The van der Waals surface area contributed by atoms with Gasteiger partial charge >= 0.3 is 0 Å². The maximum Gasteiger partial charge on any atom is 0.257 e. The van der Waals surface area contributed by atoms with Crippen LogP contribution in [0.4, 0.5) is 11.4 Å². The van der Waals surface area contributed by atoms with E-state index < -0.39 is 0 Å². The van der Waals surface area contributed by atoms with Crippen molar-refractivity contribution in [2.45, 2.75) is 26.7 Å². The maximum atomic E-state index is 12.2. The fourth-order valence-corrected chi connectivity index (χ4v) is 2.46. The van der Waals surface area contributed by atoms with Crippen LogP contribution in [0.2, 0.25) is 0 Å². The summed E-state index contributed by atoms with van der Waals surface area (Å²) in [6.45, 7) is 3.83. The van der Waals surface area contributed by atoms with Crippen LogP contribution in [0.25, 0.3) is 0 Å². The Hall–Kier alpha value is -2.73. The number of rotatable bonds is 5. The second-order valence-corrected chi connectivity index (χ2v) is 6.01. The maximum absolute atomic E-state index is 12.2. The molecule has 3 N–H and O–H groups in total.